The van der Waals surface area contributed by atoms with Crippen molar-refractivity contribution in [3.8, 4) is 0 Å². The first-order valence-corrected chi connectivity index (χ1v) is 7.47. The van der Waals surface area contributed by atoms with E-state index >= 15 is 0 Å². The number of fused-ring (bicyclic) bond motifs is 1. The quantitative estimate of drug-likeness (QED) is 0.677. The van der Waals surface area contributed by atoms with Crippen molar-refractivity contribution in [3.05, 3.63) is 59.7 Å². The van der Waals surface area contributed by atoms with Gasteiger partial charge < -0.3 is 14.6 Å². The van der Waals surface area contributed by atoms with Gasteiger partial charge in [-0.05, 0) is 13.0 Å². The average Bonchev–Trinajstić information content (AvgIpc) is 3.15. The molecule has 0 bridgehead atoms. The Balaban J connectivity index is 1.89. The third kappa shape index (κ3) is 3.01. The summed E-state index contributed by atoms with van der Waals surface area (Å²) in [6.45, 7) is 2.51. The van der Waals surface area contributed by atoms with Gasteiger partial charge in [0.15, 0.2) is 0 Å². The number of aromatic amines is 1. The lowest BCUT2D eigenvalue weighted by molar-refractivity contribution is -0.137. The lowest BCUT2D eigenvalue weighted by Crippen LogP contribution is -2.26. The minimum Gasteiger partial charge on any atom is -0.463 e. The van der Waals surface area contributed by atoms with Crippen LogP contribution in [0, 0.1) is 0 Å². The van der Waals surface area contributed by atoms with Crippen LogP contribution in [0.25, 0.3) is 5.70 Å². The molecule has 1 amide bonds. The predicted octanol–water partition coefficient (Wildman–Crippen LogP) is 2.01. The second kappa shape index (κ2) is 6.48. The first-order valence-electron chi connectivity index (χ1n) is 7.47. The fraction of sp³-hybridized carbons (Fsp3) is 0.235. The normalized spacial score (nSPS) is 15.1. The molecule has 0 atom stereocenters. The summed E-state index contributed by atoms with van der Waals surface area (Å²) >= 11 is 0. The van der Waals surface area contributed by atoms with E-state index in [4.69, 9.17) is 4.74 Å². The van der Waals surface area contributed by atoms with Crippen LogP contribution in [-0.2, 0) is 16.0 Å². The van der Waals surface area contributed by atoms with Crippen molar-refractivity contribution < 1.29 is 14.3 Å². The lowest BCUT2D eigenvalue weighted by Gasteiger charge is -2.17. The highest BCUT2D eigenvalue weighted by Gasteiger charge is 2.32. The summed E-state index contributed by atoms with van der Waals surface area (Å²) in [5, 5.41) is 0. The van der Waals surface area contributed by atoms with Crippen molar-refractivity contribution in [1.29, 1.82) is 0 Å². The monoisotopic (exact) mass is 311 g/mol. The van der Waals surface area contributed by atoms with Gasteiger partial charge in [0.05, 0.1) is 18.6 Å². The number of rotatable bonds is 5. The van der Waals surface area contributed by atoms with Gasteiger partial charge >= 0.3 is 5.97 Å². The minimum absolute atomic E-state index is 0.101. The number of carbonyl (C=O) groups is 2. The largest absolute Gasteiger partial charge is 0.463 e. The van der Waals surface area contributed by atoms with Gasteiger partial charge in [0.2, 0.25) is 0 Å². The van der Waals surface area contributed by atoms with Gasteiger partial charge in [0, 0.05) is 42.1 Å². The standard InChI is InChI=1S/C17H17N3O3/c1-2-23-16(21)9-15-13-5-3-4-6-14(13)17(22)20(15)8-7-12-10-18-11-19-12/h3-6,9-11H,2,7-8H2,1H3,(H,18,19). The van der Waals surface area contributed by atoms with Gasteiger partial charge in [-0.2, -0.15) is 0 Å². The van der Waals surface area contributed by atoms with E-state index in [2.05, 4.69) is 9.97 Å². The number of aromatic nitrogens is 2. The van der Waals surface area contributed by atoms with Gasteiger partial charge in [-0.3, -0.25) is 4.79 Å². The first kappa shape index (κ1) is 15.0. The summed E-state index contributed by atoms with van der Waals surface area (Å²) < 4.78 is 4.98. The lowest BCUT2D eigenvalue weighted by atomic mass is 10.1. The average molecular weight is 311 g/mol. The van der Waals surface area contributed by atoms with Gasteiger partial charge in [-0.25, -0.2) is 9.78 Å². The fourth-order valence-electron chi connectivity index (χ4n) is 2.62. The Hall–Kier alpha value is -2.89. The molecule has 3 rings (SSSR count). The van der Waals surface area contributed by atoms with E-state index in [1.165, 1.54) is 6.08 Å². The van der Waals surface area contributed by atoms with Crippen LogP contribution in [-0.4, -0.2) is 39.9 Å². The minimum atomic E-state index is -0.446. The number of imidazole rings is 1. The van der Waals surface area contributed by atoms with Crippen LogP contribution in [0.1, 0.15) is 28.5 Å². The van der Waals surface area contributed by atoms with Crippen LogP contribution in [0.3, 0.4) is 0 Å². The van der Waals surface area contributed by atoms with Gasteiger partial charge in [0.25, 0.3) is 5.91 Å². The van der Waals surface area contributed by atoms with Crippen molar-refractivity contribution >= 4 is 17.6 Å². The van der Waals surface area contributed by atoms with Gasteiger partial charge in [0.1, 0.15) is 0 Å². The number of H-pyrrole nitrogens is 1. The summed E-state index contributed by atoms with van der Waals surface area (Å²) in [5.41, 5.74) is 2.88. The molecule has 23 heavy (non-hydrogen) atoms. The predicted molar refractivity (Wildman–Crippen MR) is 84.4 cm³/mol. The number of nitrogens with one attached hydrogen (secondary N) is 1. The molecule has 1 aliphatic rings. The number of hydrogen-bond donors (Lipinski definition) is 1. The Morgan fingerprint density at radius 2 is 2.13 bits per heavy atom. The molecule has 0 unspecified atom stereocenters. The van der Waals surface area contributed by atoms with Crippen LogP contribution in [0.5, 0.6) is 0 Å². The van der Waals surface area contributed by atoms with Gasteiger partial charge in [-0.1, -0.05) is 18.2 Å². The summed E-state index contributed by atoms with van der Waals surface area (Å²) in [7, 11) is 0. The molecule has 1 N–H and O–H groups in total. The molecule has 0 radical (unpaired) electrons. The molecule has 0 saturated heterocycles. The van der Waals surface area contributed by atoms with E-state index in [1.54, 1.807) is 30.4 Å². The summed E-state index contributed by atoms with van der Waals surface area (Å²) in [6, 6.07) is 7.28. The van der Waals surface area contributed by atoms with Crippen LogP contribution < -0.4 is 0 Å². The highest BCUT2D eigenvalue weighted by Crippen LogP contribution is 2.32. The molecule has 0 aliphatic carbocycles. The van der Waals surface area contributed by atoms with E-state index < -0.39 is 5.97 Å². The maximum Gasteiger partial charge on any atom is 0.332 e. The Morgan fingerprint density at radius 1 is 1.35 bits per heavy atom. The first-order chi connectivity index (χ1) is 11.2. The number of amides is 1. The zero-order valence-corrected chi connectivity index (χ0v) is 12.8. The molecule has 6 nitrogen and oxygen atoms in total. The second-order valence-corrected chi connectivity index (χ2v) is 5.11. The van der Waals surface area contributed by atoms with E-state index in [1.807, 2.05) is 18.2 Å². The fourth-order valence-corrected chi connectivity index (χ4v) is 2.62. The number of nitrogens with zero attached hydrogens (tertiary/aromatic N) is 2. The Bertz CT molecular complexity index is 750. The molecular formula is C17H17N3O3. The van der Waals surface area contributed by atoms with E-state index in [0.717, 1.165) is 11.3 Å². The molecule has 1 aromatic carbocycles. The topological polar surface area (TPSA) is 75.3 Å². The van der Waals surface area contributed by atoms with Crippen LogP contribution in [0.4, 0.5) is 0 Å². The van der Waals surface area contributed by atoms with Gasteiger partial charge in [-0.15, -0.1) is 0 Å². The summed E-state index contributed by atoms with van der Waals surface area (Å²) in [5.74, 6) is -0.547. The van der Waals surface area contributed by atoms with E-state index in [9.17, 15) is 9.59 Å². The SMILES string of the molecule is CCOC(=O)C=C1c2ccccc2C(=O)N1CCc1cnc[nH]1. The third-order valence-corrected chi connectivity index (χ3v) is 3.67. The zero-order valence-electron chi connectivity index (χ0n) is 12.8. The smallest absolute Gasteiger partial charge is 0.332 e. The van der Waals surface area contributed by atoms with Crippen molar-refractivity contribution in [2.45, 2.75) is 13.3 Å². The van der Waals surface area contributed by atoms with E-state index in [-0.39, 0.29) is 5.91 Å². The Morgan fingerprint density at radius 3 is 2.83 bits per heavy atom. The highest BCUT2D eigenvalue weighted by atomic mass is 16.5. The highest BCUT2D eigenvalue weighted by molar-refractivity contribution is 6.11. The van der Waals surface area contributed by atoms with Crippen molar-refractivity contribution in [2.75, 3.05) is 13.2 Å². The number of ether oxygens (including phenoxy) is 1. The van der Waals surface area contributed by atoms with Crippen LogP contribution in [0.15, 0.2) is 42.9 Å². The van der Waals surface area contributed by atoms with Crippen molar-refractivity contribution in [1.82, 2.24) is 14.9 Å². The molecule has 0 fully saturated rings. The molecule has 1 aromatic heterocycles. The number of esters is 1. The molecule has 118 valence electrons. The van der Waals surface area contributed by atoms with Crippen molar-refractivity contribution in [2.24, 2.45) is 0 Å². The molecular weight excluding hydrogens is 294 g/mol. The third-order valence-electron chi connectivity index (χ3n) is 3.67. The Labute approximate surface area is 133 Å². The van der Waals surface area contributed by atoms with Crippen LogP contribution >= 0.6 is 0 Å². The summed E-state index contributed by atoms with van der Waals surface area (Å²) in [6.07, 6.45) is 5.34. The maximum atomic E-state index is 12.6. The van der Waals surface area contributed by atoms with Crippen molar-refractivity contribution in [3.63, 3.8) is 0 Å². The maximum absolute atomic E-state index is 12.6. The molecule has 0 saturated carbocycles. The van der Waals surface area contributed by atoms with E-state index in [0.29, 0.717) is 30.8 Å². The number of benzene rings is 1. The molecule has 0 spiro atoms. The van der Waals surface area contributed by atoms with Crippen LogP contribution in [0.2, 0.25) is 0 Å². The zero-order chi connectivity index (χ0) is 16.2. The number of hydrogen-bond acceptors (Lipinski definition) is 4. The molecule has 2 heterocycles. The Kier molecular flexibility index (Phi) is 4.23. The number of carbonyl (C=O) groups excluding carboxylic acids is 2. The molecule has 1 aliphatic heterocycles. The molecule has 2 aromatic rings. The molecule has 6 heteroatoms. The second-order valence-electron chi connectivity index (χ2n) is 5.11. The summed E-state index contributed by atoms with van der Waals surface area (Å²) in [4.78, 5) is 33.1.